The van der Waals surface area contributed by atoms with Crippen LogP contribution in [0.2, 0.25) is 0 Å². The van der Waals surface area contributed by atoms with Gasteiger partial charge in [0, 0.05) is 39.1 Å². The van der Waals surface area contributed by atoms with Gasteiger partial charge in [-0.1, -0.05) is 48.5 Å². The van der Waals surface area contributed by atoms with Crippen LogP contribution in [0.4, 0.5) is 0 Å². The number of carbonyl (C=O) groups is 1. The van der Waals surface area contributed by atoms with Crippen molar-refractivity contribution >= 4 is 50.3 Å². The van der Waals surface area contributed by atoms with Gasteiger partial charge in [0.25, 0.3) is 5.91 Å². The molecule has 0 saturated heterocycles. The maximum atomic E-state index is 12.0. The number of fused-ring (bicyclic) bond motifs is 1. The van der Waals surface area contributed by atoms with E-state index in [1.165, 1.54) is 41.5 Å². The SMILES string of the molecule is CCCCCCC(C=NNC(=O)c1cscn1)c1c[nH]c2ccc(Br)cc12. The van der Waals surface area contributed by atoms with E-state index in [1.807, 2.05) is 12.3 Å². The predicted octanol–water partition coefficient (Wildman–Crippen LogP) is 5.86. The molecule has 1 atom stereocenters. The Kier molecular flexibility index (Phi) is 7.18. The number of benzene rings is 1. The zero-order valence-electron chi connectivity index (χ0n) is 15.2. The summed E-state index contributed by atoms with van der Waals surface area (Å²) in [7, 11) is 0. The number of aromatic nitrogens is 2. The van der Waals surface area contributed by atoms with Gasteiger partial charge >= 0.3 is 0 Å². The summed E-state index contributed by atoms with van der Waals surface area (Å²) >= 11 is 4.95. The van der Waals surface area contributed by atoms with Crippen LogP contribution in [0, 0.1) is 0 Å². The minimum absolute atomic E-state index is 0.139. The Bertz CT molecular complexity index is 904. The number of hydrazone groups is 1. The molecule has 1 aromatic carbocycles. The standard InChI is InChI=1S/C20H23BrN4OS/c1-2-3-4-5-6-14(10-24-25-20(26)19-12-27-13-23-19)17-11-22-18-8-7-15(21)9-16(17)18/h7-14,22H,2-6H2,1H3,(H,25,26). The van der Waals surface area contributed by atoms with Gasteiger partial charge in [0.15, 0.2) is 0 Å². The molecule has 0 spiro atoms. The molecule has 0 aliphatic heterocycles. The molecule has 0 aliphatic carbocycles. The fourth-order valence-corrected chi connectivity index (χ4v) is 3.98. The lowest BCUT2D eigenvalue weighted by Crippen LogP contribution is -2.18. The Morgan fingerprint density at radius 1 is 1.41 bits per heavy atom. The molecule has 1 unspecified atom stereocenters. The molecule has 3 aromatic rings. The number of halogens is 1. The summed E-state index contributed by atoms with van der Waals surface area (Å²) in [5.41, 5.74) is 6.93. The van der Waals surface area contributed by atoms with Gasteiger partial charge in [-0.25, -0.2) is 10.4 Å². The van der Waals surface area contributed by atoms with Crippen molar-refractivity contribution in [2.75, 3.05) is 0 Å². The normalized spacial score (nSPS) is 12.7. The summed E-state index contributed by atoms with van der Waals surface area (Å²) in [5, 5.41) is 7.12. The monoisotopic (exact) mass is 446 g/mol. The molecular formula is C20H23BrN4OS. The Labute approximate surface area is 171 Å². The van der Waals surface area contributed by atoms with Crippen molar-refractivity contribution in [1.29, 1.82) is 0 Å². The molecule has 0 bridgehead atoms. The minimum atomic E-state index is -0.279. The summed E-state index contributed by atoms with van der Waals surface area (Å²) < 4.78 is 1.05. The van der Waals surface area contributed by atoms with Crippen molar-refractivity contribution in [2.24, 2.45) is 5.10 Å². The highest BCUT2D eigenvalue weighted by molar-refractivity contribution is 9.10. The number of nitrogens with zero attached hydrogens (tertiary/aromatic N) is 2. The van der Waals surface area contributed by atoms with E-state index in [0.29, 0.717) is 5.69 Å². The van der Waals surface area contributed by atoms with Gasteiger partial charge in [0.2, 0.25) is 0 Å². The van der Waals surface area contributed by atoms with Crippen molar-refractivity contribution in [3.8, 4) is 0 Å². The molecule has 0 radical (unpaired) electrons. The van der Waals surface area contributed by atoms with Crippen LogP contribution < -0.4 is 5.43 Å². The van der Waals surface area contributed by atoms with E-state index in [4.69, 9.17) is 0 Å². The third-order valence-electron chi connectivity index (χ3n) is 4.53. The molecule has 0 aliphatic rings. The number of hydrogen-bond donors (Lipinski definition) is 2. The number of H-pyrrole nitrogens is 1. The Morgan fingerprint density at radius 3 is 3.07 bits per heavy atom. The molecule has 142 valence electrons. The summed E-state index contributed by atoms with van der Waals surface area (Å²) in [5.74, 6) is -0.139. The molecule has 1 amide bonds. The number of unbranched alkanes of at least 4 members (excludes halogenated alkanes) is 3. The van der Waals surface area contributed by atoms with Crippen molar-refractivity contribution in [3.05, 3.63) is 51.0 Å². The number of aromatic amines is 1. The first-order chi connectivity index (χ1) is 13.2. The maximum absolute atomic E-state index is 12.0. The summed E-state index contributed by atoms with van der Waals surface area (Å²) in [6.45, 7) is 2.21. The van der Waals surface area contributed by atoms with Gasteiger partial charge in [-0.2, -0.15) is 5.10 Å². The van der Waals surface area contributed by atoms with Gasteiger partial charge in [-0.15, -0.1) is 11.3 Å². The van der Waals surface area contributed by atoms with Gasteiger partial charge in [-0.3, -0.25) is 4.79 Å². The number of hydrogen-bond acceptors (Lipinski definition) is 4. The number of amides is 1. The van der Waals surface area contributed by atoms with Gasteiger partial charge in [0.1, 0.15) is 5.69 Å². The van der Waals surface area contributed by atoms with Crippen molar-refractivity contribution < 1.29 is 4.79 Å². The zero-order valence-corrected chi connectivity index (χ0v) is 17.6. The molecule has 0 saturated carbocycles. The second-order valence-electron chi connectivity index (χ2n) is 6.48. The highest BCUT2D eigenvalue weighted by Crippen LogP contribution is 2.30. The minimum Gasteiger partial charge on any atom is -0.361 e. The molecule has 7 heteroatoms. The van der Waals surface area contributed by atoms with E-state index in [0.717, 1.165) is 22.8 Å². The lowest BCUT2D eigenvalue weighted by atomic mass is 9.93. The van der Waals surface area contributed by atoms with Crippen molar-refractivity contribution in [1.82, 2.24) is 15.4 Å². The number of rotatable bonds is 9. The lowest BCUT2D eigenvalue weighted by Gasteiger charge is -2.12. The average molecular weight is 447 g/mol. The third kappa shape index (κ3) is 5.26. The van der Waals surface area contributed by atoms with Crippen LogP contribution in [0.1, 0.15) is 61.0 Å². The molecule has 3 rings (SSSR count). The van der Waals surface area contributed by atoms with Gasteiger partial charge < -0.3 is 4.98 Å². The number of carbonyl (C=O) groups excluding carboxylic acids is 1. The maximum Gasteiger partial charge on any atom is 0.290 e. The summed E-state index contributed by atoms with van der Waals surface area (Å²) in [4.78, 5) is 19.4. The van der Waals surface area contributed by atoms with E-state index in [1.54, 1.807) is 10.9 Å². The highest BCUT2D eigenvalue weighted by atomic mass is 79.9. The second-order valence-corrected chi connectivity index (χ2v) is 8.12. The molecule has 2 N–H and O–H groups in total. The smallest absolute Gasteiger partial charge is 0.290 e. The first kappa shape index (κ1) is 19.8. The Morgan fingerprint density at radius 2 is 2.30 bits per heavy atom. The second kappa shape index (κ2) is 9.80. The fraction of sp³-hybridized carbons (Fsp3) is 0.350. The van der Waals surface area contributed by atoms with E-state index in [-0.39, 0.29) is 11.8 Å². The van der Waals surface area contributed by atoms with E-state index < -0.39 is 0 Å². The van der Waals surface area contributed by atoms with Crippen LogP contribution in [0.15, 0.2) is 44.9 Å². The average Bonchev–Trinajstić information content (AvgIpc) is 3.33. The molecular weight excluding hydrogens is 424 g/mol. The lowest BCUT2D eigenvalue weighted by molar-refractivity contribution is 0.0950. The quantitative estimate of drug-likeness (QED) is 0.245. The Hall–Kier alpha value is -1.99. The first-order valence-corrected chi connectivity index (χ1v) is 10.9. The molecule has 27 heavy (non-hydrogen) atoms. The number of nitrogens with one attached hydrogen (secondary N) is 2. The summed E-state index contributed by atoms with van der Waals surface area (Å²) in [6, 6.07) is 6.22. The predicted molar refractivity (Wildman–Crippen MR) is 116 cm³/mol. The molecule has 0 fully saturated rings. The molecule has 5 nitrogen and oxygen atoms in total. The molecule has 2 aromatic heterocycles. The fourth-order valence-electron chi connectivity index (χ4n) is 3.09. The van der Waals surface area contributed by atoms with E-state index >= 15 is 0 Å². The zero-order chi connectivity index (χ0) is 19.1. The van der Waals surface area contributed by atoms with Crippen LogP contribution in [0.25, 0.3) is 10.9 Å². The van der Waals surface area contributed by atoms with Crippen LogP contribution in [0.5, 0.6) is 0 Å². The van der Waals surface area contributed by atoms with Crippen molar-refractivity contribution in [2.45, 2.75) is 44.9 Å². The van der Waals surface area contributed by atoms with Crippen LogP contribution in [-0.4, -0.2) is 22.1 Å². The van der Waals surface area contributed by atoms with Gasteiger partial charge in [-0.05, 0) is 30.2 Å². The Balaban J connectivity index is 1.76. The largest absolute Gasteiger partial charge is 0.361 e. The van der Waals surface area contributed by atoms with E-state index in [2.05, 4.69) is 61.7 Å². The first-order valence-electron chi connectivity index (χ1n) is 9.17. The van der Waals surface area contributed by atoms with Crippen LogP contribution in [-0.2, 0) is 0 Å². The topological polar surface area (TPSA) is 70.1 Å². The third-order valence-corrected chi connectivity index (χ3v) is 5.61. The highest BCUT2D eigenvalue weighted by Gasteiger charge is 2.15. The summed E-state index contributed by atoms with van der Waals surface area (Å²) in [6.07, 6.45) is 9.68. The van der Waals surface area contributed by atoms with Crippen LogP contribution in [0.3, 0.4) is 0 Å². The van der Waals surface area contributed by atoms with Gasteiger partial charge in [0.05, 0.1) is 5.51 Å². The molecule has 2 heterocycles. The van der Waals surface area contributed by atoms with E-state index in [9.17, 15) is 4.79 Å². The van der Waals surface area contributed by atoms with Crippen molar-refractivity contribution in [3.63, 3.8) is 0 Å². The van der Waals surface area contributed by atoms with Crippen LogP contribution >= 0.6 is 27.3 Å². The number of thiazole rings is 1.